The molecular formula is C12H25N5. The summed E-state index contributed by atoms with van der Waals surface area (Å²) in [5, 5.41) is 11.3. The number of nitrogens with zero attached hydrogens (tertiary/aromatic N) is 3. The summed E-state index contributed by atoms with van der Waals surface area (Å²) in [4.78, 5) is 0. The minimum atomic E-state index is 0.676. The van der Waals surface area contributed by atoms with Gasteiger partial charge in [-0.1, -0.05) is 13.8 Å². The van der Waals surface area contributed by atoms with Crippen molar-refractivity contribution in [1.82, 2.24) is 14.8 Å². The van der Waals surface area contributed by atoms with Crippen LogP contribution in [0, 0.1) is 11.8 Å². The fourth-order valence-electron chi connectivity index (χ4n) is 2.14. The maximum absolute atomic E-state index is 5.65. The normalized spacial score (nSPS) is 13.1. The van der Waals surface area contributed by atoms with Crippen molar-refractivity contribution in [2.24, 2.45) is 24.6 Å². The summed E-state index contributed by atoms with van der Waals surface area (Å²) in [5.74, 6) is 3.21. The molecule has 1 aromatic rings. The van der Waals surface area contributed by atoms with Gasteiger partial charge in [0, 0.05) is 20.5 Å². The Bertz CT molecular complexity index is 332. The number of nitrogens with two attached hydrogens (primary N) is 1. The lowest BCUT2D eigenvalue weighted by atomic mass is 9.88. The average molecular weight is 239 g/mol. The summed E-state index contributed by atoms with van der Waals surface area (Å²) < 4.78 is 2.01. The largest absolute Gasteiger partial charge is 0.357 e. The summed E-state index contributed by atoms with van der Waals surface area (Å²) in [6.45, 7) is 5.29. The molecule has 1 rings (SSSR count). The highest BCUT2D eigenvalue weighted by atomic mass is 15.3. The van der Waals surface area contributed by atoms with Gasteiger partial charge in [-0.15, -0.1) is 10.2 Å². The Morgan fingerprint density at radius 1 is 1.29 bits per heavy atom. The standard InChI is InChI=1S/C12H25N5/c1-9(2)10(7-8-13)5-6-11-15-16-12(14-3)17(11)4/h9-10H,5-8,13H2,1-4H3,(H,14,16). The molecule has 0 bridgehead atoms. The highest BCUT2D eigenvalue weighted by Gasteiger charge is 2.15. The average Bonchev–Trinajstić information content (AvgIpc) is 2.65. The Kier molecular flexibility index (Phi) is 5.41. The van der Waals surface area contributed by atoms with E-state index in [1.165, 1.54) is 0 Å². The maximum Gasteiger partial charge on any atom is 0.224 e. The van der Waals surface area contributed by atoms with Crippen LogP contribution in [0.4, 0.5) is 5.95 Å². The summed E-state index contributed by atoms with van der Waals surface area (Å²) in [5.41, 5.74) is 5.65. The first-order valence-electron chi connectivity index (χ1n) is 6.36. The molecule has 0 spiro atoms. The minimum absolute atomic E-state index is 0.676. The molecular weight excluding hydrogens is 214 g/mol. The number of hydrogen-bond acceptors (Lipinski definition) is 4. The minimum Gasteiger partial charge on any atom is -0.357 e. The summed E-state index contributed by atoms with van der Waals surface area (Å²) in [6.07, 6.45) is 3.19. The van der Waals surface area contributed by atoms with Gasteiger partial charge >= 0.3 is 0 Å². The van der Waals surface area contributed by atoms with Crippen LogP contribution in [0.3, 0.4) is 0 Å². The van der Waals surface area contributed by atoms with Crippen LogP contribution < -0.4 is 11.1 Å². The predicted molar refractivity (Wildman–Crippen MR) is 70.9 cm³/mol. The lowest BCUT2D eigenvalue weighted by molar-refractivity contribution is 0.338. The van der Waals surface area contributed by atoms with Crippen LogP contribution in [0.25, 0.3) is 0 Å². The van der Waals surface area contributed by atoms with Crippen molar-refractivity contribution in [2.75, 3.05) is 18.9 Å². The van der Waals surface area contributed by atoms with Crippen molar-refractivity contribution in [3.63, 3.8) is 0 Å². The molecule has 5 heteroatoms. The van der Waals surface area contributed by atoms with Crippen LogP contribution in [-0.4, -0.2) is 28.4 Å². The Labute approximate surface area is 104 Å². The van der Waals surface area contributed by atoms with E-state index in [4.69, 9.17) is 5.73 Å². The van der Waals surface area contributed by atoms with Crippen LogP contribution in [0.1, 0.15) is 32.5 Å². The van der Waals surface area contributed by atoms with Crippen LogP contribution in [-0.2, 0) is 13.5 Å². The molecule has 0 amide bonds. The van der Waals surface area contributed by atoms with Crippen molar-refractivity contribution < 1.29 is 0 Å². The lowest BCUT2D eigenvalue weighted by Gasteiger charge is -2.19. The molecule has 1 atom stereocenters. The van der Waals surface area contributed by atoms with Gasteiger partial charge in [0.15, 0.2) is 0 Å². The first-order valence-corrected chi connectivity index (χ1v) is 6.36. The molecule has 0 aliphatic carbocycles. The maximum atomic E-state index is 5.65. The van der Waals surface area contributed by atoms with Crippen molar-refractivity contribution in [3.05, 3.63) is 5.82 Å². The molecule has 5 nitrogen and oxygen atoms in total. The molecule has 0 aromatic carbocycles. The van der Waals surface area contributed by atoms with E-state index >= 15 is 0 Å². The van der Waals surface area contributed by atoms with Crippen LogP contribution in [0.2, 0.25) is 0 Å². The molecule has 0 aliphatic heterocycles. The van der Waals surface area contributed by atoms with E-state index in [2.05, 4.69) is 29.4 Å². The van der Waals surface area contributed by atoms with E-state index in [-0.39, 0.29) is 0 Å². The third-order valence-electron chi connectivity index (χ3n) is 3.41. The van der Waals surface area contributed by atoms with Gasteiger partial charge in [0.1, 0.15) is 5.82 Å². The van der Waals surface area contributed by atoms with Gasteiger partial charge in [-0.2, -0.15) is 0 Å². The second kappa shape index (κ2) is 6.59. The van der Waals surface area contributed by atoms with E-state index in [9.17, 15) is 0 Å². The van der Waals surface area contributed by atoms with Crippen LogP contribution in [0.5, 0.6) is 0 Å². The highest BCUT2D eigenvalue weighted by molar-refractivity contribution is 5.23. The number of rotatable bonds is 7. The Morgan fingerprint density at radius 2 is 2.00 bits per heavy atom. The number of aryl methyl sites for hydroxylation is 1. The highest BCUT2D eigenvalue weighted by Crippen LogP contribution is 2.21. The van der Waals surface area contributed by atoms with Gasteiger partial charge in [-0.25, -0.2) is 0 Å². The molecule has 0 fully saturated rings. The zero-order chi connectivity index (χ0) is 12.8. The van der Waals surface area contributed by atoms with Crippen LogP contribution in [0.15, 0.2) is 0 Å². The molecule has 17 heavy (non-hydrogen) atoms. The first kappa shape index (κ1) is 14.0. The van der Waals surface area contributed by atoms with E-state index in [1.807, 2.05) is 18.7 Å². The number of hydrogen-bond donors (Lipinski definition) is 2. The summed E-state index contributed by atoms with van der Waals surface area (Å²) in [6, 6.07) is 0. The molecule has 0 aliphatic rings. The van der Waals surface area contributed by atoms with Crippen molar-refractivity contribution in [3.8, 4) is 0 Å². The van der Waals surface area contributed by atoms with Crippen molar-refractivity contribution in [2.45, 2.75) is 33.1 Å². The number of nitrogens with one attached hydrogen (secondary N) is 1. The number of anilines is 1. The summed E-state index contributed by atoms with van der Waals surface area (Å²) in [7, 11) is 3.85. The lowest BCUT2D eigenvalue weighted by Crippen LogP contribution is -2.16. The number of aromatic nitrogens is 3. The Morgan fingerprint density at radius 3 is 2.47 bits per heavy atom. The zero-order valence-corrected chi connectivity index (χ0v) is 11.4. The molecule has 1 aromatic heterocycles. The van der Waals surface area contributed by atoms with Crippen LogP contribution >= 0.6 is 0 Å². The van der Waals surface area contributed by atoms with Crippen molar-refractivity contribution in [1.29, 1.82) is 0 Å². The first-order chi connectivity index (χ1) is 8.10. The molecule has 3 N–H and O–H groups in total. The zero-order valence-electron chi connectivity index (χ0n) is 11.4. The van der Waals surface area contributed by atoms with E-state index < -0.39 is 0 Å². The van der Waals surface area contributed by atoms with Gasteiger partial charge in [0.05, 0.1) is 0 Å². The molecule has 1 heterocycles. The quantitative estimate of drug-likeness (QED) is 0.755. The second-order valence-corrected chi connectivity index (χ2v) is 4.87. The van der Waals surface area contributed by atoms with Gasteiger partial charge in [-0.05, 0) is 31.2 Å². The third-order valence-corrected chi connectivity index (χ3v) is 3.41. The van der Waals surface area contributed by atoms with E-state index in [1.54, 1.807) is 0 Å². The molecule has 0 saturated carbocycles. The fraction of sp³-hybridized carbons (Fsp3) is 0.833. The SMILES string of the molecule is CNc1nnc(CCC(CCN)C(C)C)n1C. The van der Waals surface area contributed by atoms with Gasteiger partial charge < -0.3 is 15.6 Å². The topological polar surface area (TPSA) is 68.8 Å². The molecule has 98 valence electrons. The smallest absolute Gasteiger partial charge is 0.224 e. The monoisotopic (exact) mass is 239 g/mol. The second-order valence-electron chi connectivity index (χ2n) is 4.87. The molecule has 0 saturated heterocycles. The molecule has 0 radical (unpaired) electrons. The fourth-order valence-corrected chi connectivity index (χ4v) is 2.14. The van der Waals surface area contributed by atoms with Gasteiger partial charge in [-0.3, -0.25) is 0 Å². The third kappa shape index (κ3) is 3.70. The van der Waals surface area contributed by atoms with Gasteiger partial charge in [0.25, 0.3) is 0 Å². The molecule has 1 unspecified atom stereocenters. The van der Waals surface area contributed by atoms with E-state index in [0.717, 1.165) is 37.6 Å². The van der Waals surface area contributed by atoms with Gasteiger partial charge in [0.2, 0.25) is 5.95 Å². The Balaban J connectivity index is 2.56. The van der Waals surface area contributed by atoms with E-state index in [0.29, 0.717) is 11.8 Å². The summed E-state index contributed by atoms with van der Waals surface area (Å²) >= 11 is 0. The van der Waals surface area contributed by atoms with Crippen molar-refractivity contribution >= 4 is 5.95 Å². The predicted octanol–water partition coefficient (Wildman–Crippen LogP) is 1.41. The Hall–Kier alpha value is -1.10.